The van der Waals surface area contributed by atoms with Crippen LogP contribution in [0.5, 0.6) is 0 Å². The minimum atomic E-state index is -1.06. The van der Waals surface area contributed by atoms with Crippen molar-refractivity contribution < 1.29 is 18.4 Å². The summed E-state index contributed by atoms with van der Waals surface area (Å²) in [6, 6.07) is 11.6. The molecule has 4 aromatic rings. The molecule has 0 aliphatic rings. The van der Waals surface area contributed by atoms with Crippen LogP contribution in [0.1, 0.15) is 55.2 Å². The lowest BCUT2D eigenvalue weighted by atomic mass is 10.0. The Labute approximate surface area is 215 Å². The lowest BCUT2D eigenvalue weighted by Gasteiger charge is -2.33. The highest BCUT2D eigenvalue weighted by Crippen LogP contribution is 2.33. The molecule has 0 aliphatic heterocycles. The van der Waals surface area contributed by atoms with Gasteiger partial charge in [-0.05, 0) is 95.1 Å². The Morgan fingerprint density at radius 1 is 1.00 bits per heavy atom. The monoisotopic (exact) mass is 504 g/mol. The van der Waals surface area contributed by atoms with Gasteiger partial charge in [0.2, 0.25) is 5.82 Å². The fourth-order valence-corrected chi connectivity index (χ4v) is 3.99. The number of furan rings is 2. The number of hydrogen-bond acceptors (Lipinski definition) is 7. The minimum absolute atomic E-state index is 0.251. The van der Waals surface area contributed by atoms with Crippen LogP contribution < -0.4 is 10.2 Å². The number of nitrogens with one attached hydrogen (secondary N) is 1. The average Bonchev–Trinajstić information content (AvgIpc) is 3.54. The molecule has 4 rings (SSSR count). The molecule has 0 saturated heterocycles. The van der Waals surface area contributed by atoms with Crippen LogP contribution in [0.15, 0.2) is 51.3 Å². The summed E-state index contributed by atoms with van der Waals surface area (Å²) < 4.78 is 11.5. The molecule has 0 spiro atoms. The summed E-state index contributed by atoms with van der Waals surface area (Å²) in [6.45, 7) is 12.9. The molecule has 0 bridgehead atoms. The number of nitrogens with zero attached hydrogens (tertiary/aromatic N) is 5. The normalized spacial score (nSPS) is 12.4. The summed E-state index contributed by atoms with van der Waals surface area (Å²) >= 11 is 0. The van der Waals surface area contributed by atoms with Gasteiger partial charge in [-0.15, -0.1) is 10.2 Å². The molecule has 1 unspecified atom stereocenters. The second kappa shape index (κ2) is 10.0. The molecule has 1 aromatic carbocycles. The molecule has 0 saturated carbocycles. The van der Waals surface area contributed by atoms with Crippen molar-refractivity contribution in [1.29, 1.82) is 0 Å². The van der Waals surface area contributed by atoms with Crippen molar-refractivity contribution in [2.75, 3.05) is 4.90 Å². The van der Waals surface area contributed by atoms with Crippen molar-refractivity contribution in [2.45, 2.75) is 66.6 Å². The predicted octanol–water partition coefficient (Wildman–Crippen LogP) is 4.45. The molecule has 37 heavy (non-hydrogen) atoms. The van der Waals surface area contributed by atoms with Gasteiger partial charge in [-0.25, -0.2) is 0 Å². The number of tetrazole rings is 1. The summed E-state index contributed by atoms with van der Waals surface area (Å²) in [6.07, 6.45) is 0. The van der Waals surface area contributed by atoms with Gasteiger partial charge in [-0.2, -0.15) is 4.80 Å². The standard InChI is InChI=1S/C27H32N6O4/c1-16-9-8-10-20(19(16)4)33(24(21-13-11-17(2)36-21)26(35)28-27(5,6)7)23(34)15-32-30-25(29-31-32)22-14-12-18(3)37-22/h8-14,24H,15H2,1-7H3,(H,28,35). The van der Waals surface area contributed by atoms with E-state index in [0.717, 1.165) is 11.1 Å². The smallest absolute Gasteiger partial charge is 0.251 e. The molecule has 1 atom stereocenters. The number of hydrogen-bond donors (Lipinski definition) is 1. The number of amides is 2. The first-order chi connectivity index (χ1) is 17.4. The van der Waals surface area contributed by atoms with Crippen molar-refractivity contribution in [1.82, 2.24) is 25.5 Å². The van der Waals surface area contributed by atoms with E-state index in [2.05, 4.69) is 20.7 Å². The van der Waals surface area contributed by atoms with Gasteiger partial charge in [0.15, 0.2) is 11.8 Å². The zero-order chi connectivity index (χ0) is 26.9. The lowest BCUT2D eigenvalue weighted by molar-refractivity contribution is -0.128. The Balaban J connectivity index is 1.77. The molecular formula is C27H32N6O4. The molecule has 10 heteroatoms. The first-order valence-corrected chi connectivity index (χ1v) is 12.0. The summed E-state index contributed by atoms with van der Waals surface area (Å²) in [5, 5.41) is 15.4. The maximum absolute atomic E-state index is 14.0. The first kappa shape index (κ1) is 25.9. The van der Waals surface area contributed by atoms with E-state index in [4.69, 9.17) is 8.83 Å². The van der Waals surface area contributed by atoms with Crippen molar-refractivity contribution in [3.63, 3.8) is 0 Å². The van der Waals surface area contributed by atoms with E-state index in [9.17, 15) is 9.59 Å². The van der Waals surface area contributed by atoms with Crippen LogP contribution in [-0.4, -0.2) is 37.6 Å². The Bertz CT molecular complexity index is 1420. The largest absolute Gasteiger partial charge is 0.464 e. The van der Waals surface area contributed by atoms with Crippen molar-refractivity contribution in [3.8, 4) is 11.6 Å². The molecule has 3 aromatic heterocycles. The van der Waals surface area contributed by atoms with Gasteiger partial charge >= 0.3 is 0 Å². The SMILES string of the molecule is Cc1ccc(-c2nnn(CC(=O)N(c3cccc(C)c3C)C(C(=O)NC(C)(C)C)c3ccc(C)o3)n2)o1. The quantitative estimate of drug-likeness (QED) is 0.395. The van der Waals surface area contributed by atoms with E-state index in [1.54, 1.807) is 31.2 Å². The number of carbonyl (C=O) groups is 2. The Morgan fingerprint density at radius 2 is 1.70 bits per heavy atom. The number of aromatic nitrogens is 4. The van der Waals surface area contributed by atoms with Gasteiger partial charge < -0.3 is 14.2 Å². The minimum Gasteiger partial charge on any atom is -0.464 e. The molecule has 0 aliphatic carbocycles. The second-order valence-corrected chi connectivity index (χ2v) is 10.1. The summed E-state index contributed by atoms with van der Waals surface area (Å²) in [5.74, 6) is 1.65. The highest BCUT2D eigenvalue weighted by atomic mass is 16.3. The third kappa shape index (κ3) is 5.79. The Kier molecular flexibility index (Phi) is 7.02. The third-order valence-electron chi connectivity index (χ3n) is 5.83. The topological polar surface area (TPSA) is 119 Å². The van der Waals surface area contributed by atoms with Gasteiger partial charge in [0.25, 0.3) is 11.8 Å². The highest BCUT2D eigenvalue weighted by molar-refractivity contribution is 6.01. The fourth-order valence-electron chi connectivity index (χ4n) is 3.99. The number of anilines is 1. The van der Waals surface area contributed by atoms with E-state index in [0.29, 0.717) is 28.7 Å². The van der Waals surface area contributed by atoms with Crippen molar-refractivity contribution in [3.05, 3.63) is 70.9 Å². The zero-order valence-electron chi connectivity index (χ0n) is 22.2. The molecule has 0 fully saturated rings. The predicted molar refractivity (Wildman–Crippen MR) is 138 cm³/mol. The van der Waals surface area contributed by atoms with Gasteiger partial charge in [0.1, 0.15) is 23.8 Å². The van der Waals surface area contributed by atoms with Gasteiger partial charge in [-0.3, -0.25) is 14.5 Å². The second-order valence-electron chi connectivity index (χ2n) is 10.1. The van der Waals surface area contributed by atoms with E-state index in [1.165, 1.54) is 9.70 Å². The zero-order valence-corrected chi connectivity index (χ0v) is 22.2. The molecule has 10 nitrogen and oxygen atoms in total. The molecule has 1 N–H and O–H groups in total. The van der Waals surface area contributed by atoms with E-state index >= 15 is 0 Å². The van der Waals surface area contributed by atoms with E-state index < -0.39 is 17.5 Å². The van der Waals surface area contributed by atoms with Crippen LogP contribution in [-0.2, 0) is 16.1 Å². The maximum atomic E-state index is 14.0. The summed E-state index contributed by atoms with van der Waals surface area (Å²) in [7, 11) is 0. The van der Waals surface area contributed by atoms with Crippen LogP contribution >= 0.6 is 0 Å². The number of benzene rings is 1. The van der Waals surface area contributed by atoms with E-state index in [-0.39, 0.29) is 18.3 Å². The molecule has 0 radical (unpaired) electrons. The van der Waals surface area contributed by atoms with Gasteiger partial charge in [0.05, 0.1) is 0 Å². The lowest BCUT2D eigenvalue weighted by Crippen LogP contribution is -2.50. The van der Waals surface area contributed by atoms with Gasteiger partial charge in [0, 0.05) is 11.2 Å². The van der Waals surface area contributed by atoms with Crippen LogP contribution in [0.2, 0.25) is 0 Å². The third-order valence-corrected chi connectivity index (χ3v) is 5.83. The van der Waals surface area contributed by atoms with Crippen LogP contribution in [0.4, 0.5) is 5.69 Å². The number of carbonyl (C=O) groups excluding carboxylic acids is 2. The van der Waals surface area contributed by atoms with Crippen LogP contribution in [0, 0.1) is 27.7 Å². The van der Waals surface area contributed by atoms with Crippen LogP contribution in [0.3, 0.4) is 0 Å². The average molecular weight is 505 g/mol. The fraction of sp³-hybridized carbons (Fsp3) is 0.370. The molecule has 3 heterocycles. The molecule has 194 valence electrons. The van der Waals surface area contributed by atoms with Crippen molar-refractivity contribution >= 4 is 17.5 Å². The van der Waals surface area contributed by atoms with Gasteiger partial charge in [-0.1, -0.05) is 12.1 Å². The van der Waals surface area contributed by atoms with Crippen molar-refractivity contribution in [2.24, 2.45) is 0 Å². The maximum Gasteiger partial charge on any atom is 0.251 e. The Morgan fingerprint density at radius 3 is 2.32 bits per heavy atom. The van der Waals surface area contributed by atoms with E-state index in [1.807, 2.05) is 59.7 Å². The Hall–Kier alpha value is -4.21. The summed E-state index contributed by atoms with van der Waals surface area (Å²) in [5.41, 5.74) is 1.91. The number of rotatable bonds is 7. The summed E-state index contributed by atoms with van der Waals surface area (Å²) in [4.78, 5) is 30.3. The highest BCUT2D eigenvalue weighted by Gasteiger charge is 2.37. The van der Waals surface area contributed by atoms with Crippen LogP contribution in [0.25, 0.3) is 11.6 Å². The molecular weight excluding hydrogens is 472 g/mol. The molecule has 2 amide bonds. The first-order valence-electron chi connectivity index (χ1n) is 12.0. The number of aryl methyl sites for hydroxylation is 3.